The highest BCUT2D eigenvalue weighted by Gasteiger charge is 2.11. The number of para-hydroxylation sites is 1. The van der Waals surface area contributed by atoms with E-state index in [4.69, 9.17) is 23.2 Å². The monoisotopic (exact) mass is 307 g/mol. The van der Waals surface area contributed by atoms with Gasteiger partial charge in [0.2, 0.25) is 0 Å². The molecule has 2 nitrogen and oxygen atoms in total. The summed E-state index contributed by atoms with van der Waals surface area (Å²) in [5.41, 5.74) is 2.40. The second kappa shape index (κ2) is 6.29. The van der Waals surface area contributed by atoms with Crippen molar-refractivity contribution in [2.24, 2.45) is 0 Å². The Balaban J connectivity index is 2.26. The van der Waals surface area contributed by atoms with Crippen LogP contribution in [0, 0.1) is 0 Å². The number of hydrogen-bond donors (Lipinski definition) is 1. The maximum Gasteiger partial charge on any atom is 0.255 e. The van der Waals surface area contributed by atoms with Crippen molar-refractivity contribution in [1.29, 1.82) is 0 Å². The van der Waals surface area contributed by atoms with Gasteiger partial charge in [0.25, 0.3) is 5.91 Å². The number of carbonyl (C=O) groups is 1. The summed E-state index contributed by atoms with van der Waals surface area (Å²) in [5.74, 6) is 0.136. The molecule has 0 fully saturated rings. The van der Waals surface area contributed by atoms with E-state index in [1.54, 1.807) is 18.2 Å². The molecule has 1 amide bonds. The molecule has 0 atom stereocenters. The first-order chi connectivity index (χ1) is 9.49. The van der Waals surface area contributed by atoms with Gasteiger partial charge in [-0.15, -0.1) is 0 Å². The van der Waals surface area contributed by atoms with Gasteiger partial charge < -0.3 is 5.32 Å². The number of nitrogens with one attached hydrogen (secondary N) is 1. The predicted molar refractivity (Wildman–Crippen MR) is 84.9 cm³/mol. The SMILES string of the molecule is CC(C)c1ccccc1NC(=O)c1ccc(Cl)c(Cl)c1. The molecule has 0 aliphatic carbocycles. The highest BCUT2D eigenvalue weighted by Crippen LogP contribution is 2.26. The van der Waals surface area contributed by atoms with Crippen LogP contribution in [-0.4, -0.2) is 5.91 Å². The summed E-state index contributed by atoms with van der Waals surface area (Å²) in [4.78, 5) is 12.2. The topological polar surface area (TPSA) is 29.1 Å². The van der Waals surface area contributed by atoms with E-state index >= 15 is 0 Å². The van der Waals surface area contributed by atoms with E-state index < -0.39 is 0 Å². The minimum atomic E-state index is -0.198. The van der Waals surface area contributed by atoms with E-state index in [0.717, 1.165) is 11.3 Å². The van der Waals surface area contributed by atoms with E-state index in [1.807, 2.05) is 24.3 Å². The van der Waals surface area contributed by atoms with E-state index in [-0.39, 0.29) is 5.91 Å². The lowest BCUT2D eigenvalue weighted by atomic mass is 10.0. The summed E-state index contributed by atoms with van der Waals surface area (Å²) in [7, 11) is 0. The summed E-state index contributed by atoms with van der Waals surface area (Å²) < 4.78 is 0. The number of anilines is 1. The highest BCUT2D eigenvalue weighted by atomic mass is 35.5. The zero-order valence-electron chi connectivity index (χ0n) is 11.3. The molecule has 0 heterocycles. The van der Waals surface area contributed by atoms with Crippen molar-refractivity contribution in [3.8, 4) is 0 Å². The molecular weight excluding hydrogens is 293 g/mol. The lowest BCUT2D eigenvalue weighted by molar-refractivity contribution is 0.102. The Labute approximate surface area is 128 Å². The van der Waals surface area contributed by atoms with Crippen molar-refractivity contribution < 1.29 is 4.79 Å². The molecule has 4 heteroatoms. The second-order valence-electron chi connectivity index (χ2n) is 4.82. The number of hydrogen-bond acceptors (Lipinski definition) is 1. The van der Waals surface area contributed by atoms with Crippen LogP contribution < -0.4 is 5.32 Å². The molecular formula is C16H15Cl2NO. The molecule has 0 aromatic heterocycles. The van der Waals surface area contributed by atoms with Crippen molar-refractivity contribution in [3.05, 3.63) is 63.6 Å². The average molecular weight is 308 g/mol. The molecule has 0 aliphatic rings. The summed E-state index contributed by atoms with van der Waals surface area (Å²) in [6.45, 7) is 4.17. The Morgan fingerprint density at radius 1 is 1.05 bits per heavy atom. The van der Waals surface area contributed by atoms with Crippen LogP contribution in [0.1, 0.15) is 35.7 Å². The molecule has 2 aromatic carbocycles. The Bertz CT molecular complexity index is 638. The number of carbonyl (C=O) groups excluding carboxylic acids is 1. The largest absolute Gasteiger partial charge is 0.322 e. The maximum absolute atomic E-state index is 12.2. The van der Waals surface area contributed by atoms with Crippen LogP contribution >= 0.6 is 23.2 Å². The summed E-state index contributed by atoms with van der Waals surface area (Å²) in [5, 5.41) is 3.72. The standard InChI is InChI=1S/C16H15Cl2NO/c1-10(2)12-5-3-4-6-15(12)19-16(20)11-7-8-13(17)14(18)9-11/h3-10H,1-2H3,(H,19,20). The third-order valence-corrected chi connectivity index (χ3v) is 3.75. The second-order valence-corrected chi connectivity index (χ2v) is 5.64. The van der Waals surface area contributed by atoms with Gasteiger partial charge in [0.1, 0.15) is 0 Å². The number of halogens is 2. The summed E-state index contributed by atoms with van der Waals surface area (Å²) >= 11 is 11.8. The van der Waals surface area contributed by atoms with Crippen LogP contribution in [0.4, 0.5) is 5.69 Å². The Hall–Kier alpha value is -1.51. The fourth-order valence-corrected chi connectivity index (χ4v) is 2.24. The van der Waals surface area contributed by atoms with E-state index in [0.29, 0.717) is 21.5 Å². The Morgan fingerprint density at radius 2 is 1.75 bits per heavy atom. The lowest BCUT2D eigenvalue weighted by Gasteiger charge is -2.13. The van der Waals surface area contributed by atoms with E-state index in [1.165, 1.54) is 0 Å². The normalized spacial score (nSPS) is 10.7. The zero-order valence-corrected chi connectivity index (χ0v) is 12.8. The van der Waals surface area contributed by atoms with E-state index in [2.05, 4.69) is 19.2 Å². The molecule has 0 radical (unpaired) electrons. The fourth-order valence-electron chi connectivity index (χ4n) is 1.95. The Morgan fingerprint density at radius 3 is 2.40 bits per heavy atom. The van der Waals surface area contributed by atoms with Gasteiger partial charge in [-0.25, -0.2) is 0 Å². The minimum absolute atomic E-state index is 0.198. The van der Waals surface area contributed by atoms with Crippen molar-refractivity contribution in [2.75, 3.05) is 5.32 Å². The predicted octanol–water partition coefficient (Wildman–Crippen LogP) is 5.37. The van der Waals surface area contributed by atoms with Crippen molar-refractivity contribution in [1.82, 2.24) is 0 Å². The van der Waals surface area contributed by atoms with Crippen LogP contribution in [0.25, 0.3) is 0 Å². The molecule has 0 bridgehead atoms. The zero-order chi connectivity index (χ0) is 14.7. The molecule has 0 spiro atoms. The molecule has 1 N–H and O–H groups in total. The van der Waals surface area contributed by atoms with Crippen LogP contribution in [0.3, 0.4) is 0 Å². The molecule has 20 heavy (non-hydrogen) atoms. The minimum Gasteiger partial charge on any atom is -0.322 e. The highest BCUT2D eigenvalue weighted by molar-refractivity contribution is 6.42. The quantitative estimate of drug-likeness (QED) is 0.811. The van der Waals surface area contributed by atoms with Gasteiger partial charge in [-0.1, -0.05) is 55.2 Å². The first-order valence-corrected chi connectivity index (χ1v) is 7.10. The van der Waals surface area contributed by atoms with Crippen molar-refractivity contribution >= 4 is 34.8 Å². The van der Waals surface area contributed by atoms with Gasteiger partial charge in [-0.2, -0.15) is 0 Å². The summed E-state index contributed by atoms with van der Waals surface area (Å²) in [6, 6.07) is 12.6. The first kappa shape index (κ1) is 14.9. The van der Waals surface area contributed by atoms with Gasteiger partial charge in [-0.05, 0) is 35.7 Å². The molecule has 2 aromatic rings. The van der Waals surface area contributed by atoms with Crippen LogP contribution in [0.15, 0.2) is 42.5 Å². The average Bonchev–Trinajstić information content (AvgIpc) is 2.42. The molecule has 0 aliphatic heterocycles. The summed E-state index contributed by atoms with van der Waals surface area (Å²) in [6.07, 6.45) is 0. The molecule has 0 saturated carbocycles. The van der Waals surface area contributed by atoms with Crippen molar-refractivity contribution in [3.63, 3.8) is 0 Å². The third-order valence-electron chi connectivity index (χ3n) is 3.01. The Kier molecular flexibility index (Phi) is 4.69. The fraction of sp³-hybridized carbons (Fsp3) is 0.188. The lowest BCUT2D eigenvalue weighted by Crippen LogP contribution is -2.13. The van der Waals surface area contributed by atoms with Gasteiger partial charge in [0.05, 0.1) is 10.0 Å². The van der Waals surface area contributed by atoms with Gasteiger partial charge in [-0.3, -0.25) is 4.79 Å². The number of rotatable bonds is 3. The molecule has 0 saturated heterocycles. The number of amides is 1. The van der Waals surface area contributed by atoms with Crippen LogP contribution in [0.2, 0.25) is 10.0 Å². The number of benzene rings is 2. The molecule has 0 unspecified atom stereocenters. The molecule has 104 valence electrons. The van der Waals surface area contributed by atoms with Crippen LogP contribution in [-0.2, 0) is 0 Å². The van der Waals surface area contributed by atoms with Crippen molar-refractivity contribution in [2.45, 2.75) is 19.8 Å². The molecule has 2 rings (SSSR count). The first-order valence-electron chi connectivity index (χ1n) is 6.34. The van der Waals surface area contributed by atoms with Gasteiger partial charge >= 0.3 is 0 Å². The van der Waals surface area contributed by atoms with E-state index in [9.17, 15) is 4.79 Å². The van der Waals surface area contributed by atoms with Gasteiger partial charge in [0, 0.05) is 11.3 Å². The maximum atomic E-state index is 12.2. The van der Waals surface area contributed by atoms with Crippen LogP contribution in [0.5, 0.6) is 0 Å². The van der Waals surface area contributed by atoms with Gasteiger partial charge in [0.15, 0.2) is 0 Å². The smallest absolute Gasteiger partial charge is 0.255 e. The third kappa shape index (κ3) is 3.33.